The minimum absolute atomic E-state index is 0.170. The molecule has 7 atom stereocenters. The zero-order valence-electron chi connectivity index (χ0n) is 21.7. The van der Waals surface area contributed by atoms with Crippen LogP contribution in [-0.4, -0.2) is 108 Å². The van der Waals surface area contributed by atoms with Crippen LogP contribution < -0.4 is 10.6 Å². The summed E-state index contributed by atoms with van der Waals surface area (Å²) in [5, 5.41) is 16.5. The zero-order chi connectivity index (χ0) is 26.9. The molecule has 1 aromatic carbocycles. The van der Waals surface area contributed by atoms with Crippen LogP contribution in [0.1, 0.15) is 31.4 Å². The van der Waals surface area contributed by atoms with Crippen molar-refractivity contribution in [1.82, 2.24) is 20.4 Å². The molecule has 38 heavy (non-hydrogen) atoms. The van der Waals surface area contributed by atoms with Crippen LogP contribution in [0.3, 0.4) is 0 Å². The monoisotopic (exact) mass is 592 g/mol. The number of halogens is 1. The predicted molar refractivity (Wildman–Crippen MR) is 142 cm³/mol. The summed E-state index contributed by atoms with van der Waals surface area (Å²) in [6.45, 7) is 6.14. The maximum absolute atomic E-state index is 14.2. The summed E-state index contributed by atoms with van der Waals surface area (Å²) < 4.78 is 11.9. The van der Waals surface area contributed by atoms with E-state index in [1.807, 2.05) is 37.3 Å². The lowest BCUT2D eigenvalue weighted by atomic mass is 9.70. The second-order valence-corrected chi connectivity index (χ2v) is 11.7. The number of hydrogen-bond acceptors (Lipinski definition) is 7. The second kappa shape index (κ2) is 11.6. The Balaban J connectivity index is 1.47. The summed E-state index contributed by atoms with van der Waals surface area (Å²) in [7, 11) is 0. The van der Waals surface area contributed by atoms with Gasteiger partial charge in [-0.3, -0.25) is 19.3 Å². The average molecular weight is 594 g/mol. The van der Waals surface area contributed by atoms with Crippen molar-refractivity contribution in [3.05, 3.63) is 35.9 Å². The van der Waals surface area contributed by atoms with Gasteiger partial charge in [0, 0.05) is 37.6 Å². The third kappa shape index (κ3) is 4.77. The fourth-order valence-corrected chi connectivity index (χ4v) is 7.60. The van der Waals surface area contributed by atoms with E-state index in [2.05, 4.69) is 31.5 Å². The Morgan fingerprint density at radius 2 is 1.87 bits per heavy atom. The molecular weight excluding hydrogens is 556 g/mol. The van der Waals surface area contributed by atoms with Crippen LogP contribution in [0.25, 0.3) is 0 Å². The molecule has 208 valence electrons. The van der Waals surface area contributed by atoms with Gasteiger partial charge in [-0.05, 0) is 18.4 Å². The highest BCUT2D eigenvalue weighted by Gasteiger charge is 2.77. The Labute approximate surface area is 231 Å². The van der Waals surface area contributed by atoms with E-state index in [4.69, 9.17) is 9.47 Å². The number of likely N-dealkylation sites (tertiary alicyclic amines) is 1. The van der Waals surface area contributed by atoms with Gasteiger partial charge >= 0.3 is 0 Å². The number of nitrogens with zero attached hydrogens (tertiary/aromatic N) is 2. The van der Waals surface area contributed by atoms with Crippen molar-refractivity contribution in [1.29, 1.82) is 0 Å². The van der Waals surface area contributed by atoms with Crippen LogP contribution in [0.2, 0.25) is 0 Å². The van der Waals surface area contributed by atoms with E-state index in [0.29, 0.717) is 39.3 Å². The van der Waals surface area contributed by atoms with E-state index >= 15 is 0 Å². The van der Waals surface area contributed by atoms with Gasteiger partial charge in [-0.2, -0.15) is 0 Å². The number of benzene rings is 1. The van der Waals surface area contributed by atoms with Crippen molar-refractivity contribution in [2.45, 2.75) is 48.4 Å². The Morgan fingerprint density at radius 1 is 1.16 bits per heavy atom. The van der Waals surface area contributed by atoms with Crippen LogP contribution in [0.5, 0.6) is 0 Å². The van der Waals surface area contributed by atoms with Gasteiger partial charge in [0.2, 0.25) is 17.7 Å². The molecule has 0 saturated carbocycles. The van der Waals surface area contributed by atoms with Gasteiger partial charge < -0.3 is 30.1 Å². The summed E-state index contributed by atoms with van der Waals surface area (Å²) in [6, 6.07) is 7.50. The lowest BCUT2D eigenvalue weighted by Crippen LogP contribution is -2.57. The predicted octanol–water partition coefficient (Wildman–Crippen LogP) is 0.443. The number of nitrogens with one attached hydrogen (secondary N) is 2. The number of alkyl halides is 1. The summed E-state index contributed by atoms with van der Waals surface area (Å²) in [4.78, 5) is 45.0. The Bertz CT molecular complexity index is 1020. The molecule has 0 radical (unpaired) electrons. The fourth-order valence-electron chi connectivity index (χ4n) is 6.66. The average Bonchev–Trinajstić information content (AvgIpc) is 3.52. The van der Waals surface area contributed by atoms with Crippen LogP contribution in [0, 0.1) is 11.8 Å². The number of aliphatic hydroxyl groups excluding tert-OH is 1. The number of carbonyl (C=O) groups excluding carboxylic acids is 3. The van der Waals surface area contributed by atoms with Crippen LogP contribution in [0.4, 0.5) is 0 Å². The molecule has 4 saturated heterocycles. The maximum atomic E-state index is 14.2. The normalized spacial score (nSPS) is 33.3. The van der Waals surface area contributed by atoms with E-state index in [1.165, 1.54) is 4.90 Å². The molecule has 3 N–H and O–H groups in total. The van der Waals surface area contributed by atoms with E-state index < -0.39 is 35.6 Å². The van der Waals surface area contributed by atoms with Crippen molar-refractivity contribution in [3.63, 3.8) is 0 Å². The van der Waals surface area contributed by atoms with E-state index in [1.54, 1.807) is 0 Å². The third-order valence-corrected chi connectivity index (χ3v) is 9.20. The standard InChI is InChI=1S/C27H37BrN4O6/c1-2-8-29-24(34)20-21-26(36)32(19(16-33)17-6-4-3-5-7-17)23(27(21)15-18(28)22(20)38-27)25(35)30-9-10-31-11-13-37-14-12-31/h3-7,18-23,33H,2,8-16H2,1H3,(H,29,34)(H,30,35)/t18?,19-,20-,21+,22-,23?,27?/m1/s1. The molecule has 10 nitrogen and oxygen atoms in total. The molecule has 4 fully saturated rings. The first-order valence-corrected chi connectivity index (χ1v) is 14.5. The van der Waals surface area contributed by atoms with Crippen LogP contribution in [-0.2, 0) is 23.9 Å². The minimum Gasteiger partial charge on any atom is -0.394 e. The van der Waals surface area contributed by atoms with Gasteiger partial charge in [0.05, 0.1) is 43.8 Å². The van der Waals surface area contributed by atoms with Gasteiger partial charge in [-0.1, -0.05) is 53.2 Å². The highest BCUT2D eigenvalue weighted by Crippen LogP contribution is 2.61. The third-order valence-electron chi connectivity index (χ3n) is 8.35. The highest BCUT2D eigenvalue weighted by atomic mass is 79.9. The number of aliphatic hydroxyl groups is 1. The van der Waals surface area contributed by atoms with Crippen molar-refractivity contribution in [2.24, 2.45) is 11.8 Å². The Hall–Kier alpha value is -2.05. The molecule has 4 heterocycles. The molecule has 0 aromatic heterocycles. The van der Waals surface area contributed by atoms with Gasteiger partial charge in [0.1, 0.15) is 11.6 Å². The molecule has 11 heteroatoms. The smallest absolute Gasteiger partial charge is 0.245 e. The molecule has 5 rings (SSSR count). The van der Waals surface area contributed by atoms with Gasteiger partial charge in [0.25, 0.3) is 0 Å². The maximum Gasteiger partial charge on any atom is 0.245 e. The van der Waals surface area contributed by atoms with E-state index in [9.17, 15) is 19.5 Å². The lowest BCUT2D eigenvalue weighted by molar-refractivity contribution is -0.145. The van der Waals surface area contributed by atoms with Crippen molar-refractivity contribution in [3.8, 4) is 0 Å². The largest absolute Gasteiger partial charge is 0.394 e. The van der Waals surface area contributed by atoms with Gasteiger partial charge in [-0.15, -0.1) is 0 Å². The summed E-state index contributed by atoms with van der Waals surface area (Å²) >= 11 is 3.69. The first kappa shape index (κ1) is 27.5. The summed E-state index contributed by atoms with van der Waals surface area (Å²) in [6.07, 6.45) is 0.694. The number of ether oxygens (including phenoxy) is 2. The van der Waals surface area contributed by atoms with Crippen LogP contribution in [0.15, 0.2) is 30.3 Å². The molecule has 1 spiro atoms. The molecule has 3 amide bonds. The number of carbonyl (C=O) groups is 3. The number of fused-ring (bicyclic) bond motifs is 1. The van der Waals surface area contributed by atoms with E-state index in [-0.39, 0.29) is 29.2 Å². The first-order valence-electron chi connectivity index (χ1n) is 13.6. The molecule has 3 unspecified atom stereocenters. The molecule has 1 aromatic rings. The number of hydrogen-bond donors (Lipinski definition) is 3. The quantitative estimate of drug-likeness (QED) is 0.337. The number of morpholine rings is 1. The van der Waals surface area contributed by atoms with E-state index in [0.717, 1.165) is 25.1 Å². The SMILES string of the molecule is CCCNC(=O)[C@H]1[C@@H]2OC3(CC2Br)C(C(=O)NCCN2CCOCC2)N([C@H](CO)c2ccccc2)C(=O)[C@H]13. The Kier molecular flexibility index (Phi) is 8.39. The molecule has 4 aliphatic rings. The Morgan fingerprint density at radius 3 is 2.55 bits per heavy atom. The fraction of sp³-hybridized carbons (Fsp3) is 0.667. The zero-order valence-corrected chi connectivity index (χ0v) is 23.3. The van der Waals surface area contributed by atoms with Crippen LogP contribution >= 0.6 is 15.9 Å². The molecular formula is C27H37BrN4O6. The van der Waals surface area contributed by atoms with Gasteiger partial charge in [-0.25, -0.2) is 0 Å². The van der Waals surface area contributed by atoms with Crippen molar-refractivity contribution < 1.29 is 29.0 Å². The molecule has 2 bridgehead atoms. The van der Waals surface area contributed by atoms with Crippen molar-refractivity contribution >= 4 is 33.7 Å². The molecule has 0 aliphatic carbocycles. The van der Waals surface area contributed by atoms with Crippen molar-refractivity contribution in [2.75, 3.05) is 52.5 Å². The molecule has 4 aliphatic heterocycles. The second-order valence-electron chi connectivity index (χ2n) is 10.6. The summed E-state index contributed by atoms with van der Waals surface area (Å²) in [5.74, 6) is -2.38. The first-order chi connectivity index (χ1) is 18.4. The lowest BCUT2D eigenvalue weighted by Gasteiger charge is -2.37. The number of rotatable bonds is 10. The van der Waals surface area contributed by atoms with Gasteiger partial charge in [0.15, 0.2) is 0 Å². The summed E-state index contributed by atoms with van der Waals surface area (Å²) in [5.41, 5.74) is -0.433. The minimum atomic E-state index is -1.16. The highest BCUT2D eigenvalue weighted by molar-refractivity contribution is 9.09. The number of amides is 3. The topological polar surface area (TPSA) is 120 Å².